The van der Waals surface area contributed by atoms with Gasteiger partial charge in [0.15, 0.2) is 11.5 Å². The van der Waals surface area contributed by atoms with Gasteiger partial charge >= 0.3 is 0 Å². The van der Waals surface area contributed by atoms with E-state index >= 15 is 0 Å². The van der Waals surface area contributed by atoms with E-state index in [1.165, 1.54) is 34.2 Å². The largest absolute Gasteiger partial charge is 0.493 e. The van der Waals surface area contributed by atoms with Crippen molar-refractivity contribution in [2.24, 2.45) is 0 Å². The van der Waals surface area contributed by atoms with E-state index in [1.54, 1.807) is 14.2 Å². The minimum atomic E-state index is 0.495. The molecule has 4 rings (SSSR count). The summed E-state index contributed by atoms with van der Waals surface area (Å²) in [7, 11) is 3.39. The normalized spacial score (nSPS) is 18.4. The van der Waals surface area contributed by atoms with Crippen molar-refractivity contribution in [3.63, 3.8) is 0 Å². The molecule has 2 heteroatoms. The first-order valence-corrected chi connectivity index (χ1v) is 7.37. The summed E-state index contributed by atoms with van der Waals surface area (Å²) in [6.07, 6.45) is 4.64. The molecule has 2 aliphatic rings. The SMILES string of the molecule is COc1cc2c(cc1OC)[C@@H]1CCc3ccccc3C1=C2. The lowest BCUT2D eigenvalue weighted by Crippen LogP contribution is -2.09. The van der Waals surface area contributed by atoms with Crippen LogP contribution in [0.3, 0.4) is 0 Å². The average molecular weight is 278 g/mol. The van der Waals surface area contributed by atoms with Crippen molar-refractivity contribution in [2.75, 3.05) is 14.2 Å². The van der Waals surface area contributed by atoms with Crippen molar-refractivity contribution in [1.29, 1.82) is 0 Å². The number of aryl methyl sites for hydroxylation is 1. The number of fused-ring (bicyclic) bond motifs is 5. The number of rotatable bonds is 2. The number of ether oxygens (including phenoxy) is 2. The Balaban J connectivity index is 1.87. The molecule has 0 saturated carbocycles. The number of hydrogen-bond donors (Lipinski definition) is 0. The Morgan fingerprint density at radius 2 is 1.76 bits per heavy atom. The van der Waals surface area contributed by atoms with E-state index in [1.807, 2.05) is 0 Å². The van der Waals surface area contributed by atoms with Crippen LogP contribution < -0.4 is 9.47 Å². The number of benzene rings is 2. The van der Waals surface area contributed by atoms with Gasteiger partial charge in [-0.05, 0) is 52.8 Å². The van der Waals surface area contributed by atoms with Gasteiger partial charge in [0.05, 0.1) is 14.2 Å². The van der Waals surface area contributed by atoms with Crippen LogP contribution >= 0.6 is 0 Å². The Morgan fingerprint density at radius 1 is 1.00 bits per heavy atom. The standard InChI is InChI=1S/C19H18O2/c1-20-18-10-13-9-17-14-6-4-3-5-12(14)7-8-15(17)16(13)11-19(18)21-2/h3-6,9-11,15H,7-8H2,1-2H3/t15-/m0/s1. The summed E-state index contributed by atoms with van der Waals surface area (Å²) in [4.78, 5) is 0. The molecule has 0 saturated heterocycles. The summed E-state index contributed by atoms with van der Waals surface area (Å²) in [5.74, 6) is 2.12. The maximum atomic E-state index is 5.46. The zero-order valence-electron chi connectivity index (χ0n) is 12.3. The summed E-state index contributed by atoms with van der Waals surface area (Å²) in [5.41, 5.74) is 6.96. The van der Waals surface area contributed by atoms with E-state index < -0.39 is 0 Å². The second kappa shape index (κ2) is 4.66. The summed E-state index contributed by atoms with van der Waals surface area (Å²) >= 11 is 0. The van der Waals surface area contributed by atoms with Gasteiger partial charge in [0, 0.05) is 5.92 Å². The van der Waals surface area contributed by atoms with Gasteiger partial charge in [0.2, 0.25) is 0 Å². The third kappa shape index (κ3) is 1.79. The van der Waals surface area contributed by atoms with Crippen molar-refractivity contribution in [1.82, 2.24) is 0 Å². The maximum absolute atomic E-state index is 5.46. The highest BCUT2D eigenvalue weighted by Crippen LogP contribution is 2.50. The second-order valence-corrected chi connectivity index (χ2v) is 5.68. The Bertz CT molecular complexity index is 743. The van der Waals surface area contributed by atoms with E-state index in [0.29, 0.717) is 5.92 Å². The van der Waals surface area contributed by atoms with Crippen LogP contribution in [-0.2, 0) is 6.42 Å². The predicted molar refractivity (Wildman–Crippen MR) is 84.9 cm³/mol. The zero-order chi connectivity index (χ0) is 14.4. The first-order valence-electron chi connectivity index (χ1n) is 7.37. The predicted octanol–water partition coefficient (Wildman–Crippen LogP) is 4.29. The van der Waals surface area contributed by atoms with E-state index in [0.717, 1.165) is 17.9 Å². The number of hydrogen-bond acceptors (Lipinski definition) is 2. The number of allylic oxidation sites excluding steroid dienone is 1. The van der Waals surface area contributed by atoms with Crippen LogP contribution in [0.25, 0.3) is 11.6 Å². The van der Waals surface area contributed by atoms with Crippen molar-refractivity contribution >= 4 is 11.6 Å². The Morgan fingerprint density at radius 3 is 2.57 bits per heavy atom. The lowest BCUT2D eigenvalue weighted by molar-refractivity contribution is 0.354. The van der Waals surface area contributed by atoms with E-state index in [4.69, 9.17) is 9.47 Å². The molecule has 0 bridgehead atoms. The summed E-state index contributed by atoms with van der Waals surface area (Å²) in [5, 5.41) is 0. The fourth-order valence-corrected chi connectivity index (χ4v) is 3.67. The molecule has 0 radical (unpaired) electrons. The van der Waals surface area contributed by atoms with Gasteiger partial charge in [-0.25, -0.2) is 0 Å². The molecule has 2 aromatic rings. The molecular weight excluding hydrogens is 260 g/mol. The van der Waals surface area contributed by atoms with Gasteiger partial charge in [0.25, 0.3) is 0 Å². The van der Waals surface area contributed by atoms with Gasteiger partial charge in [-0.2, -0.15) is 0 Å². The van der Waals surface area contributed by atoms with Gasteiger partial charge in [-0.15, -0.1) is 0 Å². The average Bonchev–Trinajstić information content (AvgIpc) is 2.91. The lowest BCUT2D eigenvalue weighted by Gasteiger charge is -2.25. The Kier molecular flexibility index (Phi) is 2.78. The molecule has 106 valence electrons. The van der Waals surface area contributed by atoms with Crippen molar-refractivity contribution in [3.05, 3.63) is 58.7 Å². The summed E-state index contributed by atoms with van der Waals surface area (Å²) in [6, 6.07) is 13.0. The molecule has 0 aromatic heterocycles. The zero-order valence-corrected chi connectivity index (χ0v) is 12.3. The van der Waals surface area contributed by atoms with Gasteiger partial charge < -0.3 is 9.47 Å². The van der Waals surface area contributed by atoms with Gasteiger partial charge in [0.1, 0.15) is 0 Å². The van der Waals surface area contributed by atoms with Crippen LogP contribution in [0.4, 0.5) is 0 Å². The van der Waals surface area contributed by atoms with Gasteiger partial charge in [-0.1, -0.05) is 30.3 Å². The topological polar surface area (TPSA) is 18.5 Å². The van der Waals surface area contributed by atoms with Crippen LogP contribution in [0, 0.1) is 0 Å². The molecule has 2 aliphatic carbocycles. The molecule has 0 amide bonds. The van der Waals surface area contributed by atoms with Crippen LogP contribution in [-0.4, -0.2) is 14.2 Å². The molecule has 0 spiro atoms. The molecule has 2 nitrogen and oxygen atoms in total. The Labute approximate surface area is 125 Å². The quantitative estimate of drug-likeness (QED) is 0.816. The van der Waals surface area contributed by atoms with E-state index in [-0.39, 0.29) is 0 Å². The van der Waals surface area contributed by atoms with Crippen molar-refractivity contribution in [2.45, 2.75) is 18.8 Å². The molecule has 1 atom stereocenters. The van der Waals surface area contributed by atoms with E-state index in [9.17, 15) is 0 Å². The first-order chi connectivity index (χ1) is 10.3. The number of methoxy groups -OCH3 is 2. The molecule has 0 aliphatic heterocycles. The molecule has 0 fully saturated rings. The molecule has 2 aromatic carbocycles. The van der Waals surface area contributed by atoms with E-state index in [2.05, 4.69) is 42.5 Å². The van der Waals surface area contributed by atoms with Crippen LogP contribution in [0.1, 0.15) is 34.6 Å². The highest BCUT2D eigenvalue weighted by atomic mass is 16.5. The second-order valence-electron chi connectivity index (χ2n) is 5.68. The van der Waals surface area contributed by atoms with Gasteiger partial charge in [-0.3, -0.25) is 0 Å². The molecule has 0 unspecified atom stereocenters. The molecular formula is C19H18O2. The summed E-state index contributed by atoms with van der Waals surface area (Å²) < 4.78 is 10.9. The molecule has 0 heterocycles. The summed E-state index contributed by atoms with van der Waals surface area (Å²) in [6.45, 7) is 0. The lowest BCUT2D eigenvalue weighted by atomic mass is 9.79. The third-order valence-electron chi connectivity index (χ3n) is 4.68. The van der Waals surface area contributed by atoms with Crippen LogP contribution in [0.2, 0.25) is 0 Å². The Hall–Kier alpha value is -2.22. The van der Waals surface area contributed by atoms with Crippen LogP contribution in [0.5, 0.6) is 11.5 Å². The minimum absolute atomic E-state index is 0.495. The smallest absolute Gasteiger partial charge is 0.161 e. The minimum Gasteiger partial charge on any atom is -0.493 e. The van der Waals surface area contributed by atoms with Crippen molar-refractivity contribution < 1.29 is 9.47 Å². The maximum Gasteiger partial charge on any atom is 0.161 e. The molecule has 0 N–H and O–H groups in total. The fourth-order valence-electron chi connectivity index (χ4n) is 3.67. The highest BCUT2D eigenvalue weighted by Gasteiger charge is 2.31. The molecule has 21 heavy (non-hydrogen) atoms. The fraction of sp³-hybridized carbons (Fsp3) is 0.263. The van der Waals surface area contributed by atoms with Crippen LogP contribution in [0.15, 0.2) is 36.4 Å². The highest BCUT2D eigenvalue weighted by molar-refractivity contribution is 5.94. The van der Waals surface area contributed by atoms with Crippen molar-refractivity contribution in [3.8, 4) is 11.5 Å². The monoisotopic (exact) mass is 278 g/mol. The first kappa shape index (κ1) is 12.5. The third-order valence-corrected chi connectivity index (χ3v) is 4.68.